The van der Waals surface area contributed by atoms with E-state index in [4.69, 9.17) is 0 Å². The number of hydrogen-bond donors (Lipinski definition) is 1. The molecule has 5 nitrogen and oxygen atoms in total. The minimum atomic E-state index is -0.00777. The van der Waals surface area contributed by atoms with Crippen molar-refractivity contribution in [2.45, 2.75) is 19.4 Å². The van der Waals surface area contributed by atoms with Crippen LogP contribution in [0.2, 0.25) is 0 Å². The van der Waals surface area contributed by atoms with Crippen LogP contribution in [0, 0.1) is 0 Å². The molecule has 0 spiro atoms. The fraction of sp³-hybridized carbons (Fsp3) is 0.400. The summed E-state index contributed by atoms with van der Waals surface area (Å²) in [6.45, 7) is 6.48. The van der Waals surface area contributed by atoms with Gasteiger partial charge >= 0.3 is 6.03 Å². The van der Waals surface area contributed by atoms with Gasteiger partial charge in [0.2, 0.25) is 0 Å². The van der Waals surface area contributed by atoms with Crippen molar-refractivity contribution >= 4 is 6.03 Å². The molecule has 132 valence electrons. The van der Waals surface area contributed by atoms with Crippen LogP contribution < -0.4 is 5.32 Å². The lowest BCUT2D eigenvalue weighted by molar-refractivity contribution is 0.138. The number of amides is 2. The van der Waals surface area contributed by atoms with E-state index in [1.165, 1.54) is 5.56 Å². The number of aromatic nitrogens is 1. The third-order valence-corrected chi connectivity index (χ3v) is 4.77. The number of nitrogens with zero attached hydrogens (tertiary/aromatic N) is 3. The Hall–Kier alpha value is -2.40. The van der Waals surface area contributed by atoms with Gasteiger partial charge in [-0.25, -0.2) is 4.79 Å². The van der Waals surface area contributed by atoms with Crippen molar-refractivity contribution in [3.05, 3.63) is 66.0 Å². The topological polar surface area (TPSA) is 48.5 Å². The molecule has 5 heteroatoms. The summed E-state index contributed by atoms with van der Waals surface area (Å²) < 4.78 is 0. The number of piperazine rings is 1. The summed E-state index contributed by atoms with van der Waals surface area (Å²) in [5.41, 5.74) is 2.44. The zero-order valence-electron chi connectivity index (χ0n) is 14.8. The lowest BCUT2D eigenvalue weighted by Crippen LogP contribution is -2.52. The zero-order chi connectivity index (χ0) is 17.5. The van der Waals surface area contributed by atoms with E-state index < -0.39 is 0 Å². The molecule has 0 aliphatic carbocycles. The molecular weight excluding hydrogens is 312 g/mol. The average Bonchev–Trinajstić information content (AvgIpc) is 2.68. The van der Waals surface area contributed by atoms with E-state index in [9.17, 15) is 4.79 Å². The van der Waals surface area contributed by atoms with Gasteiger partial charge in [0, 0.05) is 45.1 Å². The van der Waals surface area contributed by atoms with Gasteiger partial charge in [-0.3, -0.25) is 9.88 Å². The van der Waals surface area contributed by atoms with E-state index in [0.29, 0.717) is 0 Å². The molecule has 1 saturated heterocycles. The maximum atomic E-state index is 12.4. The van der Waals surface area contributed by atoms with Gasteiger partial charge in [-0.2, -0.15) is 0 Å². The number of pyridine rings is 1. The summed E-state index contributed by atoms with van der Waals surface area (Å²) in [6, 6.07) is 14.4. The molecule has 0 radical (unpaired) electrons. The van der Waals surface area contributed by atoms with Gasteiger partial charge < -0.3 is 10.2 Å². The highest BCUT2D eigenvalue weighted by atomic mass is 16.2. The Morgan fingerprint density at radius 3 is 2.44 bits per heavy atom. The van der Waals surface area contributed by atoms with Gasteiger partial charge in [-0.05, 0) is 36.6 Å². The number of rotatable bonds is 5. The molecule has 1 N–H and O–H groups in total. The predicted molar refractivity (Wildman–Crippen MR) is 99.3 cm³/mol. The third-order valence-electron chi connectivity index (χ3n) is 4.77. The first-order valence-corrected chi connectivity index (χ1v) is 8.94. The van der Waals surface area contributed by atoms with Crippen molar-refractivity contribution in [3.63, 3.8) is 0 Å². The fourth-order valence-corrected chi connectivity index (χ4v) is 3.12. The Kier molecular flexibility index (Phi) is 6.01. The second kappa shape index (κ2) is 8.62. The highest BCUT2D eigenvalue weighted by molar-refractivity contribution is 5.74. The Balaban J connectivity index is 1.41. The number of urea groups is 1. The Bertz CT molecular complexity index is 654. The molecule has 2 amide bonds. The SMILES string of the molecule is CC(NC(=O)N1CCN(CCc2ccccc2)CC1)c1ccncc1. The summed E-state index contributed by atoms with van der Waals surface area (Å²) in [5, 5.41) is 3.08. The molecule has 1 atom stereocenters. The maximum absolute atomic E-state index is 12.4. The van der Waals surface area contributed by atoms with Crippen LogP contribution in [-0.2, 0) is 6.42 Å². The first kappa shape index (κ1) is 17.4. The van der Waals surface area contributed by atoms with Crippen molar-refractivity contribution in [1.82, 2.24) is 20.1 Å². The van der Waals surface area contributed by atoms with Crippen molar-refractivity contribution in [2.75, 3.05) is 32.7 Å². The smallest absolute Gasteiger partial charge is 0.317 e. The van der Waals surface area contributed by atoms with Gasteiger partial charge in [0.15, 0.2) is 0 Å². The monoisotopic (exact) mass is 338 g/mol. The van der Waals surface area contributed by atoms with Crippen molar-refractivity contribution < 1.29 is 4.79 Å². The number of benzene rings is 1. The van der Waals surface area contributed by atoms with E-state index in [1.54, 1.807) is 12.4 Å². The summed E-state index contributed by atoms with van der Waals surface area (Å²) in [4.78, 5) is 20.8. The van der Waals surface area contributed by atoms with Crippen molar-refractivity contribution in [3.8, 4) is 0 Å². The standard InChI is InChI=1S/C20H26N4O/c1-17(19-7-10-21-11-8-19)22-20(25)24-15-13-23(14-16-24)12-9-18-5-3-2-4-6-18/h2-8,10-11,17H,9,12-16H2,1H3,(H,22,25). The Morgan fingerprint density at radius 2 is 1.76 bits per heavy atom. The normalized spacial score (nSPS) is 16.4. The van der Waals surface area contributed by atoms with E-state index in [1.807, 2.05) is 30.0 Å². The largest absolute Gasteiger partial charge is 0.331 e. The van der Waals surface area contributed by atoms with Crippen LogP contribution >= 0.6 is 0 Å². The number of carbonyl (C=O) groups is 1. The molecule has 2 aromatic rings. The molecule has 1 fully saturated rings. The molecule has 2 heterocycles. The minimum absolute atomic E-state index is 0.00777. The quantitative estimate of drug-likeness (QED) is 0.912. The van der Waals surface area contributed by atoms with Crippen LogP contribution in [0.3, 0.4) is 0 Å². The lowest BCUT2D eigenvalue weighted by Gasteiger charge is -2.35. The van der Waals surface area contributed by atoms with Crippen molar-refractivity contribution in [2.24, 2.45) is 0 Å². The van der Waals surface area contributed by atoms with E-state index in [-0.39, 0.29) is 12.1 Å². The van der Waals surface area contributed by atoms with Gasteiger partial charge in [-0.1, -0.05) is 30.3 Å². The predicted octanol–water partition coefficient (Wildman–Crippen LogP) is 2.71. The maximum Gasteiger partial charge on any atom is 0.317 e. The van der Waals surface area contributed by atoms with Gasteiger partial charge in [0.05, 0.1) is 6.04 Å². The van der Waals surface area contributed by atoms with E-state index in [2.05, 4.69) is 39.5 Å². The van der Waals surface area contributed by atoms with Crippen LogP contribution in [0.1, 0.15) is 24.1 Å². The van der Waals surface area contributed by atoms with Crippen LogP contribution in [0.25, 0.3) is 0 Å². The summed E-state index contributed by atoms with van der Waals surface area (Å²) in [5.74, 6) is 0. The lowest BCUT2D eigenvalue weighted by atomic mass is 10.1. The van der Waals surface area contributed by atoms with Crippen LogP contribution in [0.4, 0.5) is 4.79 Å². The third kappa shape index (κ3) is 5.03. The molecular formula is C20H26N4O. The second-order valence-electron chi connectivity index (χ2n) is 6.52. The van der Waals surface area contributed by atoms with Crippen LogP contribution in [0.5, 0.6) is 0 Å². The zero-order valence-corrected chi connectivity index (χ0v) is 14.8. The van der Waals surface area contributed by atoms with Crippen LogP contribution in [-0.4, -0.2) is 53.5 Å². The summed E-state index contributed by atoms with van der Waals surface area (Å²) in [7, 11) is 0. The van der Waals surface area contributed by atoms with Crippen molar-refractivity contribution in [1.29, 1.82) is 0 Å². The van der Waals surface area contributed by atoms with Crippen LogP contribution in [0.15, 0.2) is 54.9 Å². The molecule has 1 aliphatic rings. The first-order chi connectivity index (χ1) is 12.2. The van der Waals surface area contributed by atoms with E-state index >= 15 is 0 Å². The van der Waals surface area contributed by atoms with E-state index in [0.717, 1.165) is 44.7 Å². The summed E-state index contributed by atoms with van der Waals surface area (Å²) >= 11 is 0. The Morgan fingerprint density at radius 1 is 1.08 bits per heavy atom. The van der Waals surface area contributed by atoms with Gasteiger partial charge in [0.25, 0.3) is 0 Å². The highest BCUT2D eigenvalue weighted by Gasteiger charge is 2.22. The molecule has 1 aliphatic heterocycles. The summed E-state index contributed by atoms with van der Waals surface area (Å²) in [6.07, 6.45) is 4.57. The first-order valence-electron chi connectivity index (χ1n) is 8.94. The number of hydrogen-bond acceptors (Lipinski definition) is 3. The second-order valence-corrected chi connectivity index (χ2v) is 6.52. The number of nitrogens with one attached hydrogen (secondary N) is 1. The Labute approximate surface area is 149 Å². The molecule has 0 bridgehead atoms. The molecule has 1 aromatic carbocycles. The molecule has 3 rings (SSSR count). The molecule has 0 saturated carbocycles. The highest BCUT2D eigenvalue weighted by Crippen LogP contribution is 2.12. The minimum Gasteiger partial charge on any atom is -0.331 e. The number of carbonyl (C=O) groups excluding carboxylic acids is 1. The molecule has 25 heavy (non-hydrogen) atoms. The van der Waals surface area contributed by atoms with Gasteiger partial charge in [0.1, 0.15) is 0 Å². The molecule has 1 aromatic heterocycles. The molecule has 1 unspecified atom stereocenters. The van der Waals surface area contributed by atoms with Gasteiger partial charge in [-0.15, -0.1) is 0 Å². The fourth-order valence-electron chi connectivity index (χ4n) is 3.12. The average molecular weight is 338 g/mol.